The summed E-state index contributed by atoms with van der Waals surface area (Å²) >= 11 is 0. The first kappa shape index (κ1) is 10.5. The maximum atomic E-state index is 4.50. The van der Waals surface area contributed by atoms with Gasteiger partial charge in [-0.2, -0.15) is 14.6 Å². The Kier molecular flexibility index (Phi) is 2.44. The van der Waals surface area contributed by atoms with Crippen LogP contribution in [0.4, 0.5) is 5.69 Å². The van der Waals surface area contributed by atoms with E-state index in [4.69, 9.17) is 0 Å². The molecule has 6 heteroatoms. The van der Waals surface area contributed by atoms with Crippen molar-refractivity contribution in [2.75, 3.05) is 31.1 Å². The van der Waals surface area contributed by atoms with Gasteiger partial charge in [0.2, 0.25) is 0 Å². The highest BCUT2D eigenvalue weighted by Gasteiger charge is 2.18. The monoisotopic (exact) mass is 232 g/mol. The Bertz CT molecular complexity index is 540. The van der Waals surface area contributed by atoms with Crippen LogP contribution in [0.15, 0.2) is 6.33 Å². The standard InChI is InChI=1S/C11H16N6/c1-8-10(16-5-3-12-4-6-16)9(2)17-11(15-8)13-7-14-17/h7,12H,3-6H2,1-2H3. The molecule has 0 amide bonds. The van der Waals surface area contributed by atoms with Gasteiger partial charge in [-0.05, 0) is 13.8 Å². The number of nitrogens with one attached hydrogen (secondary N) is 1. The van der Waals surface area contributed by atoms with E-state index in [2.05, 4.69) is 32.2 Å². The first-order valence-electron chi connectivity index (χ1n) is 5.90. The van der Waals surface area contributed by atoms with Gasteiger partial charge in [-0.3, -0.25) is 0 Å². The molecular weight excluding hydrogens is 216 g/mol. The molecule has 3 rings (SSSR count). The lowest BCUT2D eigenvalue weighted by Crippen LogP contribution is -2.44. The zero-order valence-corrected chi connectivity index (χ0v) is 10.1. The van der Waals surface area contributed by atoms with E-state index in [9.17, 15) is 0 Å². The molecule has 0 atom stereocenters. The summed E-state index contributed by atoms with van der Waals surface area (Å²) in [6.07, 6.45) is 1.55. The average Bonchev–Trinajstić information content (AvgIpc) is 2.78. The smallest absolute Gasteiger partial charge is 0.252 e. The second-order valence-corrected chi connectivity index (χ2v) is 4.34. The predicted octanol–water partition coefficient (Wildman–Crippen LogP) is 0.151. The van der Waals surface area contributed by atoms with Gasteiger partial charge in [-0.15, -0.1) is 0 Å². The van der Waals surface area contributed by atoms with Crippen molar-refractivity contribution in [3.63, 3.8) is 0 Å². The maximum Gasteiger partial charge on any atom is 0.252 e. The second-order valence-electron chi connectivity index (χ2n) is 4.34. The molecule has 1 N–H and O–H groups in total. The van der Waals surface area contributed by atoms with Crippen LogP contribution in [0, 0.1) is 13.8 Å². The number of aryl methyl sites for hydroxylation is 2. The van der Waals surface area contributed by atoms with E-state index in [1.54, 1.807) is 6.33 Å². The van der Waals surface area contributed by atoms with Crippen molar-refractivity contribution in [3.8, 4) is 0 Å². The van der Waals surface area contributed by atoms with Crippen molar-refractivity contribution in [1.29, 1.82) is 0 Å². The van der Waals surface area contributed by atoms with Crippen molar-refractivity contribution in [3.05, 3.63) is 17.7 Å². The minimum atomic E-state index is 0.680. The number of piperazine rings is 1. The van der Waals surface area contributed by atoms with E-state index < -0.39 is 0 Å². The molecule has 1 aliphatic heterocycles. The van der Waals surface area contributed by atoms with Crippen LogP contribution in [0.25, 0.3) is 5.78 Å². The summed E-state index contributed by atoms with van der Waals surface area (Å²) < 4.78 is 1.81. The van der Waals surface area contributed by atoms with Crippen LogP contribution in [0.2, 0.25) is 0 Å². The number of aromatic nitrogens is 4. The van der Waals surface area contributed by atoms with Gasteiger partial charge in [-0.25, -0.2) is 4.98 Å². The number of fused-ring (bicyclic) bond motifs is 1. The zero-order valence-electron chi connectivity index (χ0n) is 10.1. The number of anilines is 1. The molecule has 2 aromatic rings. The third-order valence-corrected chi connectivity index (χ3v) is 3.23. The summed E-state index contributed by atoms with van der Waals surface area (Å²) in [6.45, 7) is 8.20. The molecule has 1 aliphatic rings. The Labute approximate surface area is 99.7 Å². The van der Waals surface area contributed by atoms with Crippen LogP contribution in [-0.2, 0) is 0 Å². The number of hydrogen-bond acceptors (Lipinski definition) is 5. The topological polar surface area (TPSA) is 58.4 Å². The summed E-state index contributed by atoms with van der Waals surface area (Å²) in [7, 11) is 0. The fourth-order valence-corrected chi connectivity index (χ4v) is 2.46. The van der Waals surface area contributed by atoms with E-state index in [0.29, 0.717) is 5.78 Å². The van der Waals surface area contributed by atoms with Gasteiger partial charge in [0, 0.05) is 26.2 Å². The van der Waals surface area contributed by atoms with Crippen LogP contribution in [-0.4, -0.2) is 45.8 Å². The third-order valence-electron chi connectivity index (χ3n) is 3.23. The normalized spacial score (nSPS) is 16.7. The molecule has 0 saturated carbocycles. The second kappa shape index (κ2) is 3.96. The van der Waals surface area contributed by atoms with Gasteiger partial charge in [0.25, 0.3) is 5.78 Å². The van der Waals surface area contributed by atoms with Gasteiger partial charge < -0.3 is 10.2 Å². The van der Waals surface area contributed by atoms with E-state index >= 15 is 0 Å². The Morgan fingerprint density at radius 2 is 2.00 bits per heavy atom. The van der Waals surface area contributed by atoms with Gasteiger partial charge in [0.05, 0.1) is 17.1 Å². The predicted molar refractivity (Wildman–Crippen MR) is 65.3 cm³/mol. The van der Waals surface area contributed by atoms with Gasteiger partial charge in [-0.1, -0.05) is 0 Å². The van der Waals surface area contributed by atoms with Crippen molar-refractivity contribution in [2.24, 2.45) is 0 Å². The first-order valence-corrected chi connectivity index (χ1v) is 5.90. The lowest BCUT2D eigenvalue weighted by atomic mass is 10.2. The van der Waals surface area contributed by atoms with Crippen molar-refractivity contribution in [1.82, 2.24) is 24.9 Å². The SMILES string of the molecule is Cc1nc2ncnn2c(C)c1N1CCNCC1. The van der Waals surface area contributed by atoms with Crippen LogP contribution < -0.4 is 10.2 Å². The van der Waals surface area contributed by atoms with Crippen molar-refractivity contribution in [2.45, 2.75) is 13.8 Å². The average molecular weight is 232 g/mol. The molecule has 17 heavy (non-hydrogen) atoms. The Morgan fingerprint density at radius 3 is 2.76 bits per heavy atom. The largest absolute Gasteiger partial charge is 0.366 e. The van der Waals surface area contributed by atoms with Crippen LogP contribution in [0.1, 0.15) is 11.4 Å². The minimum absolute atomic E-state index is 0.680. The molecule has 0 unspecified atom stereocenters. The van der Waals surface area contributed by atoms with E-state index in [1.807, 2.05) is 11.4 Å². The lowest BCUT2D eigenvalue weighted by molar-refractivity contribution is 0.584. The highest BCUT2D eigenvalue weighted by molar-refractivity contribution is 5.57. The minimum Gasteiger partial charge on any atom is -0.366 e. The number of hydrogen-bond donors (Lipinski definition) is 1. The molecule has 90 valence electrons. The third kappa shape index (κ3) is 1.64. The summed E-state index contributed by atoms with van der Waals surface area (Å²) in [5.74, 6) is 0.680. The van der Waals surface area contributed by atoms with Crippen molar-refractivity contribution < 1.29 is 0 Å². The van der Waals surface area contributed by atoms with E-state index in [1.165, 1.54) is 5.69 Å². The van der Waals surface area contributed by atoms with Crippen molar-refractivity contribution >= 4 is 11.5 Å². The Hall–Kier alpha value is -1.69. The molecular formula is C11H16N6. The first-order chi connectivity index (χ1) is 8.27. The highest BCUT2D eigenvalue weighted by atomic mass is 15.3. The fraction of sp³-hybridized carbons (Fsp3) is 0.545. The zero-order chi connectivity index (χ0) is 11.8. The Morgan fingerprint density at radius 1 is 1.24 bits per heavy atom. The molecule has 0 bridgehead atoms. The van der Waals surface area contributed by atoms with E-state index in [-0.39, 0.29) is 0 Å². The van der Waals surface area contributed by atoms with Gasteiger partial charge in [0.15, 0.2) is 0 Å². The number of nitrogens with zero attached hydrogens (tertiary/aromatic N) is 5. The van der Waals surface area contributed by atoms with Crippen LogP contribution >= 0.6 is 0 Å². The molecule has 0 radical (unpaired) electrons. The number of rotatable bonds is 1. The molecule has 3 heterocycles. The quantitative estimate of drug-likeness (QED) is 0.758. The highest BCUT2D eigenvalue weighted by Crippen LogP contribution is 2.23. The molecule has 1 fully saturated rings. The molecule has 2 aromatic heterocycles. The fourth-order valence-electron chi connectivity index (χ4n) is 2.46. The van der Waals surface area contributed by atoms with Gasteiger partial charge >= 0.3 is 0 Å². The maximum absolute atomic E-state index is 4.50. The molecule has 6 nitrogen and oxygen atoms in total. The Balaban J connectivity index is 2.13. The lowest BCUT2D eigenvalue weighted by Gasteiger charge is -2.31. The van der Waals surface area contributed by atoms with Gasteiger partial charge in [0.1, 0.15) is 6.33 Å². The summed E-state index contributed by atoms with van der Waals surface area (Å²) in [6, 6.07) is 0. The van der Waals surface area contributed by atoms with Crippen LogP contribution in [0.3, 0.4) is 0 Å². The molecule has 0 aromatic carbocycles. The molecule has 0 spiro atoms. The summed E-state index contributed by atoms with van der Waals surface area (Å²) in [4.78, 5) is 11.0. The molecule has 0 aliphatic carbocycles. The molecule has 1 saturated heterocycles. The van der Waals surface area contributed by atoms with Crippen LogP contribution in [0.5, 0.6) is 0 Å². The summed E-state index contributed by atoms with van der Waals surface area (Å²) in [5, 5.41) is 7.57. The van der Waals surface area contributed by atoms with E-state index in [0.717, 1.165) is 37.6 Å². The summed E-state index contributed by atoms with van der Waals surface area (Å²) in [5.41, 5.74) is 3.35.